The fourth-order valence-corrected chi connectivity index (χ4v) is 1.87. The molecule has 0 aromatic carbocycles. The van der Waals surface area contributed by atoms with Crippen molar-refractivity contribution in [2.75, 3.05) is 13.7 Å². The summed E-state index contributed by atoms with van der Waals surface area (Å²) in [7, 11) is 1.77. The van der Waals surface area contributed by atoms with Crippen LogP contribution in [0.3, 0.4) is 0 Å². The van der Waals surface area contributed by atoms with E-state index in [0.29, 0.717) is 6.04 Å². The van der Waals surface area contributed by atoms with E-state index in [1.807, 2.05) is 13.2 Å². The minimum absolute atomic E-state index is 0.0630. The van der Waals surface area contributed by atoms with Crippen LogP contribution in [0.25, 0.3) is 0 Å². The van der Waals surface area contributed by atoms with Crippen LogP contribution in [0.5, 0.6) is 0 Å². The van der Waals surface area contributed by atoms with Gasteiger partial charge in [0.15, 0.2) is 0 Å². The fourth-order valence-electron chi connectivity index (χ4n) is 1.87. The first kappa shape index (κ1) is 14.3. The van der Waals surface area contributed by atoms with E-state index in [0.717, 1.165) is 25.1 Å². The molecule has 1 heterocycles. The Hall–Kier alpha value is -0.800. The van der Waals surface area contributed by atoms with Crippen LogP contribution in [-0.4, -0.2) is 19.3 Å². The largest absolute Gasteiger partial charge is 0.469 e. The number of furan rings is 1. The summed E-state index contributed by atoms with van der Waals surface area (Å²) in [6, 6.07) is 2.46. The number of hydrogen-bond acceptors (Lipinski definition) is 3. The van der Waals surface area contributed by atoms with E-state index in [9.17, 15) is 0 Å². The number of aryl methyl sites for hydroxylation is 1. The van der Waals surface area contributed by atoms with Gasteiger partial charge in [-0.05, 0) is 46.2 Å². The Morgan fingerprint density at radius 3 is 2.65 bits per heavy atom. The highest BCUT2D eigenvalue weighted by molar-refractivity contribution is 5.16. The van der Waals surface area contributed by atoms with E-state index >= 15 is 0 Å². The summed E-state index contributed by atoms with van der Waals surface area (Å²) in [6.45, 7) is 9.31. The van der Waals surface area contributed by atoms with Gasteiger partial charge in [0.2, 0.25) is 0 Å². The van der Waals surface area contributed by atoms with Gasteiger partial charge in [-0.25, -0.2) is 0 Å². The van der Waals surface area contributed by atoms with Crippen molar-refractivity contribution in [3.05, 3.63) is 23.7 Å². The molecule has 0 amide bonds. The third-order valence-electron chi connectivity index (χ3n) is 3.19. The van der Waals surface area contributed by atoms with E-state index in [1.54, 1.807) is 7.11 Å². The van der Waals surface area contributed by atoms with Crippen LogP contribution in [0.1, 0.15) is 51.0 Å². The number of ether oxygens (including phenoxy) is 1. The predicted molar refractivity (Wildman–Crippen MR) is 70.2 cm³/mol. The third kappa shape index (κ3) is 4.52. The van der Waals surface area contributed by atoms with Crippen molar-refractivity contribution in [2.45, 2.75) is 52.2 Å². The molecule has 17 heavy (non-hydrogen) atoms. The molecule has 1 aromatic rings. The van der Waals surface area contributed by atoms with Crippen LogP contribution in [0.4, 0.5) is 0 Å². The average molecular weight is 239 g/mol. The Morgan fingerprint density at radius 2 is 2.18 bits per heavy atom. The molecule has 3 nitrogen and oxygen atoms in total. The van der Waals surface area contributed by atoms with Crippen molar-refractivity contribution in [3.63, 3.8) is 0 Å². The average Bonchev–Trinajstić information content (AvgIpc) is 2.71. The van der Waals surface area contributed by atoms with Gasteiger partial charge < -0.3 is 14.5 Å². The zero-order valence-electron chi connectivity index (χ0n) is 11.7. The first-order chi connectivity index (χ1) is 7.98. The lowest BCUT2D eigenvalue weighted by atomic mass is 9.96. The van der Waals surface area contributed by atoms with Gasteiger partial charge in [-0.1, -0.05) is 6.92 Å². The first-order valence-electron chi connectivity index (χ1n) is 6.32. The fraction of sp³-hybridized carbons (Fsp3) is 0.714. The topological polar surface area (TPSA) is 34.4 Å². The highest BCUT2D eigenvalue weighted by Gasteiger charge is 2.20. The van der Waals surface area contributed by atoms with Gasteiger partial charge in [0.25, 0.3) is 0 Å². The summed E-state index contributed by atoms with van der Waals surface area (Å²) in [5.74, 6) is 0.967. The summed E-state index contributed by atoms with van der Waals surface area (Å²) in [6.07, 6.45) is 3.92. The second kappa shape index (κ2) is 6.22. The van der Waals surface area contributed by atoms with E-state index in [-0.39, 0.29) is 5.60 Å². The molecule has 3 heteroatoms. The molecular weight excluding hydrogens is 214 g/mol. The van der Waals surface area contributed by atoms with Crippen LogP contribution in [-0.2, 0) is 4.74 Å². The summed E-state index contributed by atoms with van der Waals surface area (Å²) >= 11 is 0. The molecule has 1 atom stereocenters. The Balaban J connectivity index is 2.61. The molecule has 0 fully saturated rings. The molecule has 1 unspecified atom stereocenters. The molecule has 0 spiro atoms. The van der Waals surface area contributed by atoms with E-state index in [4.69, 9.17) is 9.15 Å². The lowest BCUT2D eigenvalue weighted by Crippen LogP contribution is -2.27. The van der Waals surface area contributed by atoms with E-state index in [1.165, 1.54) is 5.56 Å². The predicted octanol–water partition coefficient (Wildman–Crippen LogP) is 3.44. The molecule has 0 aliphatic rings. The van der Waals surface area contributed by atoms with Crippen molar-refractivity contribution in [2.24, 2.45) is 0 Å². The van der Waals surface area contributed by atoms with Crippen molar-refractivity contribution in [1.29, 1.82) is 0 Å². The summed E-state index contributed by atoms with van der Waals surface area (Å²) < 4.78 is 10.8. The number of hydrogen-bond donors (Lipinski definition) is 1. The van der Waals surface area contributed by atoms with Gasteiger partial charge in [-0.15, -0.1) is 0 Å². The van der Waals surface area contributed by atoms with Gasteiger partial charge >= 0.3 is 0 Å². The Morgan fingerprint density at radius 1 is 1.47 bits per heavy atom. The lowest BCUT2D eigenvalue weighted by molar-refractivity contribution is 0.0117. The molecular formula is C14H25NO2. The number of methoxy groups -OCH3 is 1. The second-order valence-corrected chi connectivity index (χ2v) is 5.10. The normalized spacial score (nSPS) is 13.9. The number of rotatable bonds is 7. The third-order valence-corrected chi connectivity index (χ3v) is 3.19. The Labute approximate surface area is 105 Å². The maximum Gasteiger partial charge on any atom is 0.101 e. The molecule has 0 bridgehead atoms. The molecule has 0 saturated heterocycles. The molecule has 0 radical (unpaired) electrons. The van der Waals surface area contributed by atoms with E-state index < -0.39 is 0 Å². The van der Waals surface area contributed by atoms with Gasteiger partial charge in [0, 0.05) is 18.7 Å². The standard InChI is InChI=1S/C14H25NO2/c1-6-15-13(7-8-14(3,4)16-5)12-9-11(2)17-10-12/h9-10,13,15H,6-8H2,1-5H3. The maximum absolute atomic E-state index is 5.46. The van der Waals surface area contributed by atoms with Crippen molar-refractivity contribution in [3.8, 4) is 0 Å². The molecule has 0 aliphatic carbocycles. The minimum atomic E-state index is -0.0630. The van der Waals surface area contributed by atoms with E-state index in [2.05, 4.69) is 32.2 Å². The van der Waals surface area contributed by atoms with Crippen LogP contribution in [0.15, 0.2) is 16.7 Å². The quantitative estimate of drug-likeness (QED) is 0.791. The summed E-state index contributed by atoms with van der Waals surface area (Å²) in [5, 5.41) is 3.49. The molecule has 1 rings (SSSR count). The monoisotopic (exact) mass is 239 g/mol. The van der Waals surface area contributed by atoms with Crippen LogP contribution in [0.2, 0.25) is 0 Å². The summed E-state index contributed by atoms with van der Waals surface area (Å²) in [4.78, 5) is 0. The van der Waals surface area contributed by atoms with Crippen molar-refractivity contribution < 1.29 is 9.15 Å². The van der Waals surface area contributed by atoms with Crippen molar-refractivity contribution >= 4 is 0 Å². The molecule has 1 N–H and O–H groups in total. The molecule has 0 aliphatic heterocycles. The van der Waals surface area contributed by atoms with Crippen LogP contribution in [0, 0.1) is 6.92 Å². The lowest BCUT2D eigenvalue weighted by Gasteiger charge is -2.25. The molecule has 0 saturated carbocycles. The van der Waals surface area contributed by atoms with Crippen molar-refractivity contribution in [1.82, 2.24) is 5.32 Å². The van der Waals surface area contributed by atoms with Gasteiger partial charge in [0.05, 0.1) is 11.9 Å². The Kier molecular flexibility index (Phi) is 5.22. The van der Waals surface area contributed by atoms with Crippen LogP contribution < -0.4 is 5.32 Å². The zero-order valence-corrected chi connectivity index (χ0v) is 11.7. The van der Waals surface area contributed by atoms with Gasteiger partial charge in [-0.3, -0.25) is 0 Å². The number of nitrogens with one attached hydrogen (secondary N) is 1. The highest BCUT2D eigenvalue weighted by atomic mass is 16.5. The minimum Gasteiger partial charge on any atom is -0.469 e. The maximum atomic E-state index is 5.46. The molecule has 1 aromatic heterocycles. The highest BCUT2D eigenvalue weighted by Crippen LogP contribution is 2.25. The first-order valence-corrected chi connectivity index (χ1v) is 6.32. The SMILES string of the molecule is CCNC(CCC(C)(C)OC)c1coc(C)c1. The zero-order chi connectivity index (χ0) is 12.9. The smallest absolute Gasteiger partial charge is 0.101 e. The van der Waals surface area contributed by atoms with Gasteiger partial charge in [0.1, 0.15) is 5.76 Å². The Bertz CT molecular complexity index is 331. The second-order valence-electron chi connectivity index (χ2n) is 5.10. The summed E-state index contributed by atoms with van der Waals surface area (Å²) in [5.41, 5.74) is 1.17. The van der Waals surface area contributed by atoms with Gasteiger partial charge in [-0.2, -0.15) is 0 Å². The van der Waals surface area contributed by atoms with Crippen LogP contribution >= 0.6 is 0 Å². The molecule has 98 valence electrons.